The third kappa shape index (κ3) is 3.01. The summed E-state index contributed by atoms with van der Waals surface area (Å²) in [5, 5.41) is 11.9. The van der Waals surface area contributed by atoms with Crippen LogP contribution in [-0.2, 0) is 16.0 Å². The van der Waals surface area contributed by atoms with Crippen LogP contribution in [0.25, 0.3) is 0 Å². The van der Waals surface area contributed by atoms with Crippen molar-refractivity contribution in [2.45, 2.75) is 31.8 Å². The lowest BCUT2D eigenvalue weighted by Crippen LogP contribution is -2.37. The lowest BCUT2D eigenvalue weighted by atomic mass is 10.0. The summed E-state index contributed by atoms with van der Waals surface area (Å²) in [5.74, 6) is -0.482. The average Bonchev–Trinajstić information content (AvgIpc) is 3.11. The molecule has 1 fully saturated rings. The molecule has 2 N–H and O–H groups in total. The number of carbonyl (C=O) groups is 2. The Morgan fingerprint density at radius 2 is 2.00 bits per heavy atom. The van der Waals surface area contributed by atoms with Crippen LogP contribution in [-0.4, -0.2) is 29.6 Å². The summed E-state index contributed by atoms with van der Waals surface area (Å²) in [5.41, 5.74) is 1.17. The van der Waals surface area contributed by atoms with Gasteiger partial charge in [0.2, 0.25) is 5.91 Å². The van der Waals surface area contributed by atoms with E-state index >= 15 is 0 Å². The third-order valence-corrected chi connectivity index (χ3v) is 4.37. The molecule has 1 saturated carbocycles. The van der Waals surface area contributed by atoms with E-state index in [0.717, 1.165) is 12.2 Å². The zero-order chi connectivity index (χ0) is 14.8. The number of aliphatic carboxylic acids is 1. The molecule has 1 aromatic rings. The number of ether oxygens (including phenoxy) is 1. The Morgan fingerprint density at radius 1 is 1.24 bits per heavy atom. The smallest absolute Gasteiger partial charge is 0.306 e. The molecular formula is C16H19NO4. The van der Waals surface area contributed by atoms with Crippen molar-refractivity contribution < 1.29 is 19.4 Å². The number of rotatable bonds is 4. The second-order valence-corrected chi connectivity index (χ2v) is 5.84. The molecule has 1 aliphatic heterocycles. The highest BCUT2D eigenvalue weighted by molar-refractivity contribution is 5.80. The molecule has 3 rings (SSSR count). The van der Waals surface area contributed by atoms with Gasteiger partial charge < -0.3 is 15.2 Å². The van der Waals surface area contributed by atoms with Crippen molar-refractivity contribution in [3.63, 3.8) is 0 Å². The van der Waals surface area contributed by atoms with Crippen LogP contribution in [0, 0.1) is 11.8 Å². The summed E-state index contributed by atoms with van der Waals surface area (Å²) in [6.07, 6.45) is 2.49. The van der Waals surface area contributed by atoms with Crippen molar-refractivity contribution in [2.24, 2.45) is 11.8 Å². The lowest BCUT2D eigenvalue weighted by molar-refractivity contribution is -0.141. The fourth-order valence-corrected chi connectivity index (χ4v) is 3.17. The Kier molecular flexibility index (Phi) is 3.82. The number of benzene rings is 1. The van der Waals surface area contributed by atoms with Crippen LogP contribution in [0.5, 0.6) is 5.75 Å². The first-order valence-corrected chi connectivity index (χ1v) is 7.38. The molecule has 0 aromatic heterocycles. The summed E-state index contributed by atoms with van der Waals surface area (Å²) < 4.78 is 5.77. The number of hydrogen-bond donors (Lipinski definition) is 2. The van der Waals surface area contributed by atoms with E-state index in [1.54, 1.807) is 0 Å². The van der Waals surface area contributed by atoms with E-state index in [9.17, 15) is 9.59 Å². The largest absolute Gasteiger partial charge is 0.488 e. The minimum Gasteiger partial charge on any atom is -0.488 e. The lowest BCUT2D eigenvalue weighted by Gasteiger charge is -2.14. The van der Waals surface area contributed by atoms with E-state index in [4.69, 9.17) is 9.84 Å². The minimum atomic E-state index is -0.792. The van der Waals surface area contributed by atoms with Gasteiger partial charge in [-0.05, 0) is 30.9 Å². The van der Waals surface area contributed by atoms with Gasteiger partial charge >= 0.3 is 5.97 Å². The van der Waals surface area contributed by atoms with Crippen molar-refractivity contribution in [3.05, 3.63) is 29.8 Å². The molecule has 5 heteroatoms. The summed E-state index contributed by atoms with van der Waals surface area (Å²) in [4.78, 5) is 23.0. The van der Waals surface area contributed by atoms with Gasteiger partial charge in [-0.25, -0.2) is 0 Å². The van der Waals surface area contributed by atoms with Crippen LogP contribution in [0.15, 0.2) is 24.3 Å². The molecule has 2 aliphatic rings. The molecule has 0 radical (unpaired) electrons. The number of nitrogens with one attached hydrogen (secondary N) is 1. The van der Waals surface area contributed by atoms with Gasteiger partial charge in [0.05, 0.1) is 12.5 Å². The number of fused-ring (bicyclic) bond motifs is 1. The highest BCUT2D eigenvalue weighted by Gasteiger charge is 2.34. The van der Waals surface area contributed by atoms with Gasteiger partial charge in [0.25, 0.3) is 0 Å². The number of carboxylic acids is 1. The standard InChI is InChI=1S/C16H19NO4/c18-15(11-5-6-12(7-11)16(19)20)17-9-13-8-10-3-1-2-4-14(10)21-13/h1-4,11-13H,5-9H2,(H,17,18)(H,19,20). The minimum absolute atomic E-state index is 0.0250. The molecule has 0 spiro atoms. The second-order valence-electron chi connectivity index (χ2n) is 5.84. The van der Waals surface area contributed by atoms with Gasteiger partial charge in [-0.1, -0.05) is 18.2 Å². The van der Waals surface area contributed by atoms with Crippen molar-refractivity contribution in [1.29, 1.82) is 0 Å². The zero-order valence-electron chi connectivity index (χ0n) is 11.7. The predicted molar refractivity (Wildman–Crippen MR) is 76.0 cm³/mol. The predicted octanol–water partition coefficient (Wildman–Crippen LogP) is 1.61. The quantitative estimate of drug-likeness (QED) is 0.883. The van der Waals surface area contributed by atoms with Crippen molar-refractivity contribution in [2.75, 3.05) is 6.54 Å². The molecule has 21 heavy (non-hydrogen) atoms. The van der Waals surface area contributed by atoms with Crippen molar-refractivity contribution in [1.82, 2.24) is 5.32 Å². The fraction of sp³-hybridized carbons (Fsp3) is 0.500. The number of hydrogen-bond acceptors (Lipinski definition) is 3. The Balaban J connectivity index is 1.46. The monoisotopic (exact) mass is 289 g/mol. The number of para-hydroxylation sites is 1. The van der Waals surface area contributed by atoms with Gasteiger partial charge in [0.15, 0.2) is 0 Å². The third-order valence-electron chi connectivity index (χ3n) is 4.37. The molecule has 1 aliphatic carbocycles. The summed E-state index contributed by atoms with van der Waals surface area (Å²) in [7, 11) is 0. The average molecular weight is 289 g/mol. The van der Waals surface area contributed by atoms with E-state index < -0.39 is 5.97 Å². The van der Waals surface area contributed by atoms with Gasteiger partial charge in [-0.3, -0.25) is 9.59 Å². The number of amides is 1. The van der Waals surface area contributed by atoms with Gasteiger partial charge in [-0.15, -0.1) is 0 Å². The first-order chi connectivity index (χ1) is 10.1. The van der Waals surface area contributed by atoms with Crippen LogP contribution in [0.4, 0.5) is 0 Å². The molecule has 1 aromatic carbocycles. The van der Waals surface area contributed by atoms with Gasteiger partial charge in [0, 0.05) is 12.3 Å². The normalized spacial score (nSPS) is 27.0. The maximum atomic E-state index is 12.1. The van der Waals surface area contributed by atoms with Crippen LogP contribution in [0.2, 0.25) is 0 Å². The Labute approximate surface area is 123 Å². The van der Waals surface area contributed by atoms with E-state index in [0.29, 0.717) is 25.8 Å². The Hall–Kier alpha value is -2.04. The number of carboxylic acid groups (broad SMARTS) is 1. The highest BCUT2D eigenvalue weighted by Crippen LogP contribution is 2.31. The van der Waals surface area contributed by atoms with Crippen LogP contribution in [0.3, 0.4) is 0 Å². The highest BCUT2D eigenvalue weighted by atomic mass is 16.5. The Morgan fingerprint density at radius 3 is 2.71 bits per heavy atom. The fourth-order valence-electron chi connectivity index (χ4n) is 3.17. The maximum Gasteiger partial charge on any atom is 0.306 e. The van der Waals surface area contributed by atoms with E-state index in [2.05, 4.69) is 5.32 Å². The summed E-state index contributed by atoms with van der Waals surface area (Å²) in [6, 6.07) is 7.88. The van der Waals surface area contributed by atoms with E-state index in [1.807, 2.05) is 24.3 Å². The van der Waals surface area contributed by atoms with Gasteiger partial charge in [-0.2, -0.15) is 0 Å². The molecule has 3 atom stereocenters. The zero-order valence-corrected chi connectivity index (χ0v) is 11.7. The Bertz CT molecular complexity index is 532. The van der Waals surface area contributed by atoms with E-state index in [-0.39, 0.29) is 23.8 Å². The molecule has 112 valence electrons. The van der Waals surface area contributed by atoms with Crippen LogP contribution >= 0.6 is 0 Å². The van der Waals surface area contributed by atoms with Gasteiger partial charge in [0.1, 0.15) is 11.9 Å². The van der Waals surface area contributed by atoms with Crippen molar-refractivity contribution in [3.8, 4) is 5.75 Å². The second kappa shape index (κ2) is 5.76. The number of carbonyl (C=O) groups excluding carboxylic acids is 1. The topological polar surface area (TPSA) is 75.6 Å². The summed E-state index contributed by atoms with van der Waals surface area (Å²) >= 11 is 0. The molecule has 1 heterocycles. The molecule has 5 nitrogen and oxygen atoms in total. The molecule has 0 saturated heterocycles. The molecule has 3 unspecified atom stereocenters. The maximum absolute atomic E-state index is 12.1. The van der Waals surface area contributed by atoms with Crippen LogP contribution < -0.4 is 10.1 Å². The van der Waals surface area contributed by atoms with Crippen LogP contribution in [0.1, 0.15) is 24.8 Å². The first kappa shape index (κ1) is 13.9. The first-order valence-electron chi connectivity index (χ1n) is 7.38. The SMILES string of the molecule is O=C(O)C1CCC(C(=O)NCC2Cc3ccccc3O2)C1. The summed E-state index contributed by atoms with van der Waals surface area (Å²) in [6.45, 7) is 0.474. The van der Waals surface area contributed by atoms with Crippen molar-refractivity contribution >= 4 is 11.9 Å². The van der Waals surface area contributed by atoms with E-state index in [1.165, 1.54) is 5.56 Å². The molecule has 1 amide bonds. The molecule has 0 bridgehead atoms. The molecular weight excluding hydrogens is 270 g/mol.